The fourth-order valence-corrected chi connectivity index (χ4v) is 3.18. The van der Waals surface area contributed by atoms with Gasteiger partial charge < -0.3 is 15.3 Å². The van der Waals surface area contributed by atoms with E-state index in [4.69, 9.17) is 0 Å². The van der Waals surface area contributed by atoms with Crippen molar-refractivity contribution in [3.63, 3.8) is 0 Å². The van der Waals surface area contributed by atoms with Crippen LogP contribution in [0.4, 0.5) is 4.39 Å². The summed E-state index contributed by atoms with van der Waals surface area (Å²) in [5.41, 5.74) is -0.268. The van der Waals surface area contributed by atoms with Gasteiger partial charge in [-0.15, -0.1) is 0 Å². The van der Waals surface area contributed by atoms with Gasteiger partial charge in [-0.05, 0) is 30.9 Å². The maximum absolute atomic E-state index is 13.8. The third-order valence-electron chi connectivity index (χ3n) is 4.32. The van der Waals surface area contributed by atoms with Gasteiger partial charge >= 0.3 is 0 Å². The highest BCUT2D eigenvalue weighted by atomic mass is 19.1. The highest BCUT2D eigenvalue weighted by molar-refractivity contribution is 5.97. The number of hydrogen-bond donors (Lipinski definition) is 2. The van der Waals surface area contributed by atoms with E-state index in [2.05, 4.69) is 5.32 Å². The molecular formula is C15H17FN2O3. The molecule has 2 aliphatic rings. The molecule has 112 valence electrons. The Bertz CT molecular complexity index is 570. The van der Waals surface area contributed by atoms with Crippen LogP contribution in [0.1, 0.15) is 29.6 Å². The van der Waals surface area contributed by atoms with Gasteiger partial charge in [-0.1, -0.05) is 6.07 Å². The van der Waals surface area contributed by atoms with Crippen molar-refractivity contribution in [3.8, 4) is 5.75 Å². The number of carbonyl (C=O) groups excluding carboxylic acids is 2. The first-order valence-corrected chi connectivity index (χ1v) is 7.12. The van der Waals surface area contributed by atoms with E-state index in [-0.39, 0.29) is 29.2 Å². The van der Waals surface area contributed by atoms with Gasteiger partial charge in [0.1, 0.15) is 17.1 Å². The highest BCUT2D eigenvalue weighted by Gasteiger charge is 2.36. The zero-order valence-corrected chi connectivity index (χ0v) is 11.5. The lowest BCUT2D eigenvalue weighted by Gasteiger charge is -2.41. The Morgan fingerprint density at radius 1 is 1.38 bits per heavy atom. The second-order valence-corrected chi connectivity index (χ2v) is 5.65. The average Bonchev–Trinajstić information content (AvgIpc) is 2.46. The van der Waals surface area contributed by atoms with E-state index >= 15 is 0 Å². The van der Waals surface area contributed by atoms with E-state index in [1.807, 2.05) is 0 Å². The fraction of sp³-hybridized carbons (Fsp3) is 0.467. The number of phenolic OH excluding ortho intramolecular Hbond substituents is 1. The van der Waals surface area contributed by atoms with Crippen molar-refractivity contribution in [1.29, 1.82) is 0 Å². The summed E-state index contributed by atoms with van der Waals surface area (Å²) in [5, 5.41) is 12.7. The maximum Gasteiger partial charge on any atom is 0.260 e. The summed E-state index contributed by atoms with van der Waals surface area (Å²) in [7, 11) is 0. The number of nitrogens with one attached hydrogen (secondary N) is 1. The van der Waals surface area contributed by atoms with Crippen molar-refractivity contribution in [1.82, 2.24) is 10.2 Å². The van der Waals surface area contributed by atoms with Crippen LogP contribution in [0.15, 0.2) is 18.2 Å². The van der Waals surface area contributed by atoms with Gasteiger partial charge in [-0.25, -0.2) is 4.39 Å². The predicted octanol–water partition coefficient (Wildman–Crippen LogP) is 1.27. The summed E-state index contributed by atoms with van der Waals surface area (Å²) in [4.78, 5) is 25.4. The van der Waals surface area contributed by atoms with Crippen molar-refractivity contribution < 1.29 is 19.1 Å². The van der Waals surface area contributed by atoms with Crippen LogP contribution < -0.4 is 5.32 Å². The quantitative estimate of drug-likeness (QED) is 0.819. The topological polar surface area (TPSA) is 69.6 Å². The largest absolute Gasteiger partial charge is 0.507 e. The lowest BCUT2D eigenvalue weighted by Crippen LogP contribution is -2.55. The summed E-state index contributed by atoms with van der Waals surface area (Å²) in [6, 6.07) is 3.94. The molecule has 2 unspecified atom stereocenters. The Morgan fingerprint density at radius 2 is 2.19 bits per heavy atom. The molecule has 2 heterocycles. The van der Waals surface area contributed by atoms with E-state index in [1.54, 1.807) is 4.90 Å². The van der Waals surface area contributed by atoms with E-state index in [1.165, 1.54) is 18.2 Å². The van der Waals surface area contributed by atoms with Crippen LogP contribution in [0.5, 0.6) is 5.75 Å². The highest BCUT2D eigenvalue weighted by Crippen LogP contribution is 2.28. The van der Waals surface area contributed by atoms with E-state index in [0.29, 0.717) is 25.9 Å². The Balaban J connectivity index is 1.76. The Labute approximate surface area is 121 Å². The fourth-order valence-electron chi connectivity index (χ4n) is 3.18. The SMILES string of the molecule is O=C1CCC2CN(C(=O)c3c(O)cccc3F)CCC2N1. The first-order chi connectivity index (χ1) is 10.1. The second kappa shape index (κ2) is 5.35. The molecule has 2 atom stereocenters. The number of fused-ring (bicyclic) bond motifs is 1. The first-order valence-electron chi connectivity index (χ1n) is 7.12. The molecule has 0 aromatic heterocycles. The summed E-state index contributed by atoms with van der Waals surface area (Å²) in [5.74, 6) is -1.27. The number of amides is 2. The molecular weight excluding hydrogens is 275 g/mol. The summed E-state index contributed by atoms with van der Waals surface area (Å²) < 4.78 is 13.8. The molecule has 2 N–H and O–H groups in total. The summed E-state index contributed by atoms with van der Waals surface area (Å²) >= 11 is 0. The molecule has 0 radical (unpaired) electrons. The Morgan fingerprint density at radius 3 is 2.95 bits per heavy atom. The smallest absolute Gasteiger partial charge is 0.260 e. The van der Waals surface area contributed by atoms with Crippen LogP contribution in [0.2, 0.25) is 0 Å². The number of nitrogens with zero attached hydrogens (tertiary/aromatic N) is 1. The van der Waals surface area contributed by atoms with E-state index in [0.717, 1.165) is 6.42 Å². The molecule has 1 aromatic rings. The number of aromatic hydroxyl groups is 1. The van der Waals surface area contributed by atoms with Gasteiger partial charge in [0.25, 0.3) is 5.91 Å². The zero-order chi connectivity index (χ0) is 15.0. The minimum absolute atomic E-state index is 0.0581. The van der Waals surface area contributed by atoms with Crippen molar-refractivity contribution >= 4 is 11.8 Å². The second-order valence-electron chi connectivity index (χ2n) is 5.65. The number of halogens is 1. The third kappa shape index (κ3) is 2.57. The van der Waals surface area contributed by atoms with Gasteiger partial charge in [0, 0.05) is 25.6 Å². The van der Waals surface area contributed by atoms with Crippen LogP contribution in [0, 0.1) is 11.7 Å². The predicted molar refractivity (Wildman–Crippen MR) is 73.2 cm³/mol. The van der Waals surface area contributed by atoms with Crippen LogP contribution >= 0.6 is 0 Å². The van der Waals surface area contributed by atoms with Crippen LogP contribution in [0.25, 0.3) is 0 Å². The molecule has 6 heteroatoms. The maximum atomic E-state index is 13.8. The van der Waals surface area contributed by atoms with Gasteiger partial charge in [0.2, 0.25) is 5.91 Å². The number of likely N-dealkylation sites (tertiary alicyclic amines) is 1. The monoisotopic (exact) mass is 292 g/mol. The molecule has 0 bridgehead atoms. The van der Waals surface area contributed by atoms with Crippen molar-refractivity contribution in [2.75, 3.05) is 13.1 Å². The lowest BCUT2D eigenvalue weighted by molar-refractivity contribution is -0.125. The normalized spacial score (nSPS) is 25.2. The first kappa shape index (κ1) is 13.9. The number of piperidine rings is 2. The number of carbonyl (C=O) groups is 2. The minimum atomic E-state index is -0.709. The average molecular weight is 292 g/mol. The third-order valence-corrected chi connectivity index (χ3v) is 4.32. The molecule has 0 aliphatic carbocycles. The summed E-state index contributed by atoms with van der Waals surface area (Å²) in [6.07, 6.45) is 1.87. The van der Waals surface area contributed by atoms with Crippen LogP contribution in [0.3, 0.4) is 0 Å². The van der Waals surface area contributed by atoms with E-state index in [9.17, 15) is 19.1 Å². The molecule has 2 amide bonds. The van der Waals surface area contributed by atoms with Crippen LogP contribution in [-0.4, -0.2) is 41.0 Å². The number of phenols is 1. The number of rotatable bonds is 1. The molecule has 2 fully saturated rings. The van der Waals surface area contributed by atoms with Gasteiger partial charge in [0.15, 0.2) is 0 Å². The van der Waals surface area contributed by atoms with Gasteiger partial charge in [0.05, 0.1) is 0 Å². The van der Waals surface area contributed by atoms with Gasteiger partial charge in [-0.3, -0.25) is 9.59 Å². The molecule has 2 aliphatic heterocycles. The molecule has 2 saturated heterocycles. The Hall–Kier alpha value is -2.11. The minimum Gasteiger partial charge on any atom is -0.507 e. The number of benzene rings is 1. The zero-order valence-electron chi connectivity index (χ0n) is 11.5. The van der Waals surface area contributed by atoms with Crippen molar-refractivity contribution in [3.05, 3.63) is 29.6 Å². The lowest BCUT2D eigenvalue weighted by atomic mass is 9.85. The molecule has 1 aromatic carbocycles. The van der Waals surface area contributed by atoms with Crippen molar-refractivity contribution in [2.45, 2.75) is 25.3 Å². The molecule has 0 saturated carbocycles. The standard InChI is InChI=1S/C15H17FN2O3/c16-10-2-1-3-12(19)14(10)15(21)18-7-6-11-9(8-18)4-5-13(20)17-11/h1-3,9,11,19H,4-8H2,(H,17,20). The molecule has 0 spiro atoms. The van der Waals surface area contributed by atoms with Crippen LogP contribution in [-0.2, 0) is 4.79 Å². The van der Waals surface area contributed by atoms with E-state index < -0.39 is 11.7 Å². The van der Waals surface area contributed by atoms with Gasteiger partial charge in [-0.2, -0.15) is 0 Å². The molecule has 3 rings (SSSR count). The Kier molecular flexibility index (Phi) is 3.53. The molecule has 5 nitrogen and oxygen atoms in total. The van der Waals surface area contributed by atoms with Crippen molar-refractivity contribution in [2.24, 2.45) is 5.92 Å². The number of hydrogen-bond acceptors (Lipinski definition) is 3. The summed E-state index contributed by atoms with van der Waals surface area (Å²) in [6.45, 7) is 0.936. The molecule has 21 heavy (non-hydrogen) atoms.